The maximum Gasteiger partial charge on any atom is 0.264 e. The minimum Gasteiger partial charge on any atom is -0.362 e. The van der Waals surface area contributed by atoms with Crippen LogP contribution in [0.5, 0.6) is 0 Å². The van der Waals surface area contributed by atoms with Gasteiger partial charge in [-0.05, 0) is 44.4 Å². The summed E-state index contributed by atoms with van der Waals surface area (Å²) in [5, 5.41) is 7.81. The highest BCUT2D eigenvalue weighted by molar-refractivity contribution is 7.17. The highest BCUT2D eigenvalue weighted by Gasteiger charge is 2.46. The Morgan fingerprint density at radius 2 is 2.23 bits per heavy atom. The Morgan fingerprint density at radius 1 is 1.45 bits per heavy atom. The number of aromatic nitrogens is 1. The fourth-order valence-corrected chi connectivity index (χ4v) is 3.62. The van der Waals surface area contributed by atoms with Gasteiger partial charge >= 0.3 is 0 Å². The predicted molar refractivity (Wildman–Crippen MR) is 90.8 cm³/mol. The van der Waals surface area contributed by atoms with Gasteiger partial charge in [-0.1, -0.05) is 35.1 Å². The molecule has 6 heteroatoms. The first-order valence-corrected chi connectivity index (χ1v) is 8.53. The summed E-state index contributed by atoms with van der Waals surface area (Å²) in [6, 6.07) is 7.71. The number of benzene rings is 1. The molecule has 1 saturated carbocycles. The SMILES string of the molecule is CCNc1nc(C)c(C(=O)NC2(c3cccc(Cl)c3)CC2)s1. The number of carbonyl (C=O) groups excluding carboxylic acids is 1. The second-order valence-electron chi connectivity index (χ2n) is 5.51. The van der Waals surface area contributed by atoms with E-state index in [-0.39, 0.29) is 11.4 Å². The van der Waals surface area contributed by atoms with Crippen molar-refractivity contribution in [1.82, 2.24) is 10.3 Å². The third-order valence-corrected chi connectivity index (χ3v) is 5.16. The summed E-state index contributed by atoms with van der Waals surface area (Å²) in [4.78, 5) is 17.7. The van der Waals surface area contributed by atoms with Gasteiger partial charge in [-0.3, -0.25) is 4.79 Å². The summed E-state index contributed by atoms with van der Waals surface area (Å²) in [7, 11) is 0. The molecule has 2 aromatic rings. The second-order valence-corrected chi connectivity index (χ2v) is 6.95. The molecular weight excluding hydrogens is 318 g/mol. The summed E-state index contributed by atoms with van der Waals surface area (Å²) in [6.45, 7) is 4.67. The van der Waals surface area contributed by atoms with Gasteiger partial charge in [0, 0.05) is 11.6 Å². The molecule has 3 rings (SSSR count). The summed E-state index contributed by atoms with van der Waals surface area (Å²) >= 11 is 7.47. The van der Waals surface area contributed by atoms with E-state index in [9.17, 15) is 4.79 Å². The molecular formula is C16H18ClN3OS. The Bertz CT molecular complexity index is 709. The van der Waals surface area contributed by atoms with Gasteiger partial charge in [0.15, 0.2) is 5.13 Å². The molecule has 0 radical (unpaired) electrons. The standard InChI is InChI=1S/C16H18ClN3OS/c1-3-18-15-19-10(2)13(22-15)14(21)20-16(7-8-16)11-5-4-6-12(17)9-11/h4-6,9H,3,7-8H2,1-2H3,(H,18,19)(H,20,21). The Morgan fingerprint density at radius 3 is 2.86 bits per heavy atom. The topological polar surface area (TPSA) is 54.0 Å². The van der Waals surface area contributed by atoms with E-state index in [0.717, 1.165) is 35.8 Å². The molecule has 1 aromatic heterocycles. The lowest BCUT2D eigenvalue weighted by Gasteiger charge is -2.18. The van der Waals surface area contributed by atoms with Gasteiger partial charge < -0.3 is 10.6 Å². The molecule has 0 atom stereocenters. The van der Waals surface area contributed by atoms with Crippen LogP contribution in [-0.4, -0.2) is 17.4 Å². The molecule has 0 bridgehead atoms. The highest BCUT2D eigenvalue weighted by atomic mass is 35.5. The van der Waals surface area contributed by atoms with E-state index in [1.165, 1.54) is 11.3 Å². The average molecular weight is 336 g/mol. The largest absolute Gasteiger partial charge is 0.362 e. The molecule has 0 aliphatic heterocycles. The Balaban J connectivity index is 1.79. The average Bonchev–Trinajstić information content (AvgIpc) is 3.16. The molecule has 22 heavy (non-hydrogen) atoms. The Kier molecular flexibility index (Phi) is 4.10. The highest BCUT2D eigenvalue weighted by Crippen LogP contribution is 2.46. The predicted octanol–water partition coefficient (Wildman–Crippen LogP) is 3.96. The molecule has 116 valence electrons. The number of halogens is 1. The van der Waals surface area contributed by atoms with Crippen molar-refractivity contribution >= 4 is 34.0 Å². The van der Waals surface area contributed by atoms with Crippen molar-refractivity contribution in [3.05, 3.63) is 45.4 Å². The maximum atomic E-state index is 12.6. The van der Waals surface area contributed by atoms with Crippen LogP contribution in [-0.2, 0) is 5.54 Å². The van der Waals surface area contributed by atoms with Crippen molar-refractivity contribution < 1.29 is 4.79 Å². The monoisotopic (exact) mass is 335 g/mol. The molecule has 1 heterocycles. The first-order chi connectivity index (χ1) is 10.5. The maximum absolute atomic E-state index is 12.6. The molecule has 4 nitrogen and oxygen atoms in total. The van der Waals surface area contributed by atoms with E-state index in [2.05, 4.69) is 15.6 Å². The molecule has 1 fully saturated rings. The summed E-state index contributed by atoms with van der Waals surface area (Å²) in [5.74, 6) is -0.0587. The first-order valence-electron chi connectivity index (χ1n) is 7.34. The number of rotatable bonds is 5. The Hall–Kier alpha value is -1.59. The quantitative estimate of drug-likeness (QED) is 0.869. The summed E-state index contributed by atoms with van der Waals surface area (Å²) in [6.07, 6.45) is 1.88. The van der Waals surface area contributed by atoms with Gasteiger partial charge in [-0.2, -0.15) is 0 Å². The summed E-state index contributed by atoms with van der Waals surface area (Å²) < 4.78 is 0. The van der Waals surface area contributed by atoms with Gasteiger partial charge in [-0.15, -0.1) is 0 Å². The second kappa shape index (κ2) is 5.89. The summed E-state index contributed by atoms with van der Waals surface area (Å²) in [5.41, 5.74) is 1.57. The van der Waals surface area contributed by atoms with E-state index >= 15 is 0 Å². The van der Waals surface area contributed by atoms with Crippen molar-refractivity contribution in [2.75, 3.05) is 11.9 Å². The van der Waals surface area contributed by atoms with E-state index < -0.39 is 0 Å². The number of nitrogens with one attached hydrogen (secondary N) is 2. The molecule has 1 aromatic carbocycles. The molecule has 0 spiro atoms. The van der Waals surface area contributed by atoms with E-state index in [1.807, 2.05) is 38.1 Å². The van der Waals surface area contributed by atoms with Crippen molar-refractivity contribution in [3.63, 3.8) is 0 Å². The lowest BCUT2D eigenvalue weighted by Crippen LogP contribution is -2.34. The fourth-order valence-electron chi connectivity index (χ4n) is 2.51. The van der Waals surface area contributed by atoms with Gasteiger partial charge in [0.1, 0.15) is 4.88 Å². The molecule has 0 unspecified atom stereocenters. The van der Waals surface area contributed by atoms with Crippen LogP contribution in [0.2, 0.25) is 5.02 Å². The molecule has 0 saturated heterocycles. The normalized spacial score (nSPS) is 15.4. The molecule has 1 aliphatic carbocycles. The number of hydrogen-bond donors (Lipinski definition) is 2. The van der Waals surface area contributed by atoms with E-state index in [0.29, 0.717) is 9.90 Å². The number of anilines is 1. The van der Waals surface area contributed by atoms with Crippen LogP contribution >= 0.6 is 22.9 Å². The Labute approximate surface area is 138 Å². The number of hydrogen-bond acceptors (Lipinski definition) is 4. The molecule has 1 aliphatic rings. The van der Waals surface area contributed by atoms with Crippen molar-refractivity contribution in [2.45, 2.75) is 32.2 Å². The van der Waals surface area contributed by atoms with Crippen molar-refractivity contribution in [2.24, 2.45) is 0 Å². The first kappa shape index (κ1) is 15.3. The lowest BCUT2D eigenvalue weighted by atomic mass is 10.0. The number of aryl methyl sites for hydroxylation is 1. The number of amides is 1. The van der Waals surface area contributed by atoms with Crippen LogP contribution in [0.25, 0.3) is 0 Å². The van der Waals surface area contributed by atoms with Crippen LogP contribution in [0.3, 0.4) is 0 Å². The zero-order chi connectivity index (χ0) is 15.7. The van der Waals surface area contributed by atoms with Crippen LogP contribution in [0.15, 0.2) is 24.3 Å². The van der Waals surface area contributed by atoms with Gasteiger partial charge in [-0.25, -0.2) is 4.98 Å². The fraction of sp³-hybridized carbons (Fsp3) is 0.375. The third-order valence-electron chi connectivity index (χ3n) is 3.81. The smallest absolute Gasteiger partial charge is 0.264 e. The number of thiazole rings is 1. The van der Waals surface area contributed by atoms with Crippen LogP contribution in [0.4, 0.5) is 5.13 Å². The molecule has 2 N–H and O–H groups in total. The zero-order valence-electron chi connectivity index (χ0n) is 12.6. The van der Waals surface area contributed by atoms with Crippen LogP contribution < -0.4 is 10.6 Å². The number of nitrogens with zero attached hydrogens (tertiary/aromatic N) is 1. The van der Waals surface area contributed by atoms with E-state index in [4.69, 9.17) is 11.6 Å². The van der Waals surface area contributed by atoms with Gasteiger partial charge in [0.2, 0.25) is 0 Å². The van der Waals surface area contributed by atoms with Crippen molar-refractivity contribution in [3.8, 4) is 0 Å². The zero-order valence-corrected chi connectivity index (χ0v) is 14.1. The molecule has 1 amide bonds. The van der Waals surface area contributed by atoms with Crippen LogP contribution in [0.1, 0.15) is 40.7 Å². The van der Waals surface area contributed by atoms with Crippen LogP contribution in [0, 0.1) is 6.92 Å². The van der Waals surface area contributed by atoms with Gasteiger partial charge in [0.25, 0.3) is 5.91 Å². The lowest BCUT2D eigenvalue weighted by molar-refractivity contribution is 0.0934. The minimum absolute atomic E-state index is 0.0587. The van der Waals surface area contributed by atoms with E-state index in [1.54, 1.807) is 0 Å². The number of carbonyl (C=O) groups is 1. The third kappa shape index (κ3) is 2.96. The van der Waals surface area contributed by atoms with Gasteiger partial charge in [0.05, 0.1) is 11.2 Å². The minimum atomic E-state index is -0.267. The van der Waals surface area contributed by atoms with Crippen molar-refractivity contribution in [1.29, 1.82) is 0 Å².